The molecule has 110 valence electrons. The summed E-state index contributed by atoms with van der Waals surface area (Å²) in [4.78, 5) is 14.3. The van der Waals surface area contributed by atoms with E-state index in [9.17, 15) is 4.79 Å². The quantitative estimate of drug-likeness (QED) is 0.911. The van der Waals surface area contributed by atoms with Gasteiger partial charge < -0.3 is 15.4 Å². The second kappa shape index (κ2) is 6.37. The highest BCUT2D eigenvalue weighted by Gasteiger charge is 2.33. The van der Waals surface area contributed by atoms with Crippen LogP contribution in [0.2, 0.25) is 0 Å². The lowest BCUT2D eigenvalue weighted by molar-refractivity contribution is -0.136. The fourth-order valence-corrected chi connectivity index (χ4v) is 2.73. The van der Waals surface area contributed by atoms with Gasteiger partial charge in [0.05, 0.1) is 6.61 Å². The van der Waals surface area contributed by atoms with Crippen LogP contribution in [0.4, 0.5) is 0 Å². The van der Waals surface area contributed by atoms with Gasteiger partial charge in [-0.25, -0.2) is 0 Å². The van der Waals surface area contributed by atoms with Gasteiger partial charge in [0.25, 0.3) is 0 Å². The number of amides is 1. The SMILES string of the molecule is CN(CC1CCCOC1)C(=O)C(C)(N)c1ccccc1. The number of benzene rings is 1. The standard InChI is InChI=1S/C16H24N2O2/c1-16(17,14-8-4-3-5-9-14)15(19)18(2)11-13-7-6-10-20-12-13/h3-5,8-9,13H,6-7,10-12,17H2,1-2H3. The predicted octanol–water partition coefficient (Wildman–Crippen LogP) is 1.75. The van der Waals surface area contributed by atoms with Crippen molar-refractivity contribution < 1.29 is 9.53 Å². The Morgan fingerprint density at radius 2 is 2.15 bits per heavy atom. The molecule has 2 rings (SSSR count). The molecule has 0 saturated carbocycles. The molecule has 1 heterocycles. The van der Waals surface area contributed by atoms with Crippen LogP contribution in [-0.4, -0.2) is 37.6 Å². The highest BCUT2D eigenvalue weighted by Crippen LogP contribution is 2.21. The zero-order chi connectivity index (χ0) is 14.6. The molecular weight excluding hydrogens is 252 g/mol. The van der Waals surface area contributed by atoms with E-state index in [2.05, 4.69) is 0 Å². The van der Waals surface area contributed by atoms with Crippen molar-refractivity contribution in [3.63, 3.8) is 0 Å². The van der Waals surface area contributed by atoms with E-state index >= 15 is 0 Å². The minimum absolute atomic E-state index is 0.0470. The van der Waals surface area contributed by atoms with E-state index in [4.69, 9.17) is 10.5 Å². The second-order valence-corrected chi connectivity index (χ2v) is 5.84. The van der Waals surface area contributed by atoms with Crippen molar-refractivity contribution in [3.8, 4) is 0 Å². The summed E-state index contributed by atoms with van der Waals surface area (Å²) in [5.74, 6) is 0.374. The molecule has 1 aliphatic heterocycles. The molecule has 1 amide bonds. The van der Waals surface area contributed by atoms with Crippen LogP contribution in [-0.2, 0) is 15.1 Å². The number of likely N-dealkylation sites (N-methyl/N-ethyl adjacent to an activating group) is 1. The van der Waals surface area contributed by atoms with Crippen molar-refractivity contribution in [2.45, 2.75) is 25.3 Å². The molecule has 0 aromatic heterocycles. The minimum Gasteiger partial charge on any atom is -0.381 e. The fourth-order valence-electron chi connectivity index (χ4n) is 2.73. The number of carbonyl (C=O) groups excluding carboxylic acids is 1. The molecule has 0 bridgehead atoms. The van der Waals surface area contributed by atoms with Gasteiger partial charge in [0, 0.05) is 20.2 Å². The third-order valence-electron chi connectivity index (χ3n) is 3.95. The molecule has 1 saturated heterocycles. The Morgan fingerprint density at radius 3 is 2.75 bits per heavy atom. The van der Waals surface area contributed by atoms with E-state index < -0.39 is 5.54 Å². The second-order valence-electron chi connectivity index (χ2n) is 5.84. The van der Waals surface area contributed by atoms with Crippen LogP contribution in [0.5, 0.6) is 0 Å². The lowest BCUT2D eigenvalue weighted by Crippen LogP contribution is -2.51. The Labute approximate surface area is 120 Å². The van der Waals surface area contributed by atoms with Crippen LogP contribution < -0.4 is 5.73 Å². The number of nitrogens with zero attached hydrogens (tertiary/aromatic N) is 1. The molecule has 1 aliphatic rings. The zero-order valence-electron chi connectivity index (χ0n) is 12.3. The molecular formula is C16H24N2O2. The monoisotopic (exact) mass is 276 g/mol. The van der Waals surface area contributed by atoms with Gasteiger partial charge in [-0.05, 0) is 31.2 Å². The number of carbonyl (C=O) groups is 1. The van der Waals surface area contributed by atoms with E-state index in [1.165, 1.54) is 0 Å². The molecule has 1 aromatic rings. The summed E-state index contributed by atoms with van der Waals surface area (Å²) in [7, 11) is 1.82. The first-order chi connectivity index (χ1) is 9.51. The van der Waals surface area contributed by atoms with Crippen LogP contribution in [0.25, 0.3) is 0 Å². The summed E-state index contributed by atoms with van der Waals surface area (Å²) in [5.41, 5.74) is 6.13. The van der Waals surface area contributed by atoms with Crippen LogP contribution in [0.15, 0.2) is 30.3 Å². The third-order valence-corrected chi connectivity index (χ3v) is 3.95. The van der Waals surface area contributed by atoms with Gasteiger partial charge in [-0.2, -0.15) is 0 Å². The topological polar surface area (TPSA) is 55.6 Å². The average molecular weight is 276 g/mol. The van der Waals surface area contributed by atoms with Gasteiger partial charge >= 0.3 is 0 Å². The average Bonchev–Trinajstić information content (AvgIpc) is 2.48. The van der Waals surface area contributed by atoms with E-state index in [-0.39, 0.29) is 5.91 Å². The first kappa shape index (κ1) is 15.0. The van der Waals surface area contributed by atoms with Gasteiger partial charge in [0.15, 0.2) is 0 Å². The van der Waals surface area contributed by atoms with Crippen molar-refractivity contribution in [3.05, 3.63) is 35.9 Å². The maximum absolute atomic E-state index is 12.6. The lowest BCUT2D eigenvalue weighted by atomic mass is 9.91. The first-order valence-corrected chi connectivity index (χ1v) is 7.19. The maximum Gasteiger partial charge on any atom is 0.246 e. The van der Waals surface area contributed by atoms with Gasteiger partial charge in [0.2, 0.25) is 5.91 Å². The summed E-state index contributed by atoms with van der Waals surface area (Å²) in [6.45, 7) is 4.06. The lowest BCUT2D eigenvalue weighted by Gasteiger charge is -2.33. The Hall–Kier alpha value is -1.39. The Balaban J connectivity index is 2.01. The first-order valence-electron chi connectivity index (χ1n) is 7.19. The molecule has 0 spiro atoms. The fraction of sp³-hybridized carbons (Fsp3) is 0.562. The molecule has 2 unspecified atom stereocenters. The van der Waals surface area contributed by atoms with Gasteiger partial charge in [-0.3, -0.25) is 4.79 Å². The number of ether oxygens (including phenoxy) is 1. The summed E-state index contributed by atoms with van der Waals surface area (Å²) < 4.78 is 5.46. The largest absolute Gasteiger partial charge is 0.381 e. The molecule has 0 aliphatic carbocycles. The minimum atomic E-state index is -0.981. The number of nitrogens with two attached hydrogens (primary N) is 1. The summed E-state index contributed by atoms with van der Waals surface area (Å²) >= 11 is 0. The van der Waals surface area contributed by atoms with Crippen molar-refractivity contribution in [1.82, 2.24) is 4.90 Å². The smallest absolute Gasteiger partial charge is 0.246 e. The molecule has 4 heteroatoms. The molecule has 20 heavy (non-hydrogen) atoms. The van der Waals surface area contributed by atoms with Gasteiger partial charge in [-0.1, -0.05) is 30.3 Å². The molecule has 1 aromatic carbocycles. The summed E-state index contributed by atoms with van der Waals surface area (Å²) in [6.07, 6.45) is 2.19. The van der Waals surface area contributed by atoms with Crippen LogP contribution >= 0.6 is 0 Å². The Bertz CT molecular complexity index is 439. The normalized spacial score (nSPS) is 22.1. The molecule has 2 atom stereocenters. The zero-order valence-corrected chi connectivity index (χ0v) is 12.3. The van der Waals surface area contributed by atoms with Crippen LogP contribution in [0.1, 0.15) is 25.3 Å². The van der Waals surface area contributed by atoms with Crippen LogP contribution in [0.3, 0.4) is 0 Å². The van der Waals surface area contributed by atoms with Crippen molar-refractivity contribution in [2.75, 3.05) is 26.8 Å². The predicted molar refractivity (Wildman–Crippen MR) is 79.2 cm³/mol. The number of rotatable bonds is 4. The number of hydrogen-bond acceptors (Lipinski definition) is 3. The molecule has 1 fully saturated rings. The molecule has 0 radical (unpaired) electrons. The third kappa shape index (κ3) is 3.38. The highest BCUT2D eigenvalue weighted by atomic mass is 16.5. The molecule has 2 N–H and O–H groups in total. The summed E-state index contributed by atoms with van der Waals surface area (Å²) in [5, 5.41) is 0. The van der Waals surface area contributed by atoms with Crippen molar-refractivity contribution in [2.24, 2.45) is 11.7 Å². The Kier molecular flexibility index (Phi) is 4.78. The van der Waals surface area contributed by atoms with E-state index in [1.807, 2.05) is 37.4 Å². The maximum atomic E-state index is 12.6. The van der Waals surface area contributed by atoms with Crippen molar-refractivity contribution >= 4 is 5.91 Å². The summed E-state index contributed by atoms with van der Waals surface area (Å²) in [6, 6.07) is 9.53. The van der Waals surface area contributed by atoms with Gasteiger partial charge in [-0.15, -0.1) is 0 Å². The Morgan fingerprint density at radius 1 is 1.45 bits per heavy atom. The number of hydrogen-bond donors (Lipinski definition) is 1. The van der Waals surface area contributed by atoms with E-state index in [0.717, 1.165) is 31.6 Å². The van der Waals surface area contributed by atoms with E-state index in [0.29, 0.717) is 12.5 Å². The van der Waals surface area contributed by atoms with Crippen LogP contribution in [0, 0.1) is 5.92 Å². The van der Waals surface area contributed by atoms with Crippen molar-refractivity contribution in [1.29, 1.82) is 0 Å². The molecule has 4 nitrogen and oxygen atoms in total. The van der Waals surface area contributed by atoms with Gasteiger partial charge in [0.1, 0.15) is 5.54 Å². The highest BCUT2D eigenvalue weighted by molar-refractivity contribution is 5.86. The van der Waals surface area contributed by atoms with E-state index in [1.54, 1.807) is 11.8 Å².